The van der Waals surface area contributed by atoms with Gasteiger partial charge in [-0.1, -0.05) is 0 Å². The molecule has 0 radical (unpaired) electrons. The summed E-state index contributed by atoms with van der Waals surface area (Å²) in [6.45, 7) is 0.256. The maximum atomic E-state index is 14.1. The molecule has 7 nitrogen and oxygen atoms in total. The van der Waals surface area contributed by atoms with Gasteiger partial charge in [-0.3, -0.25) is 0 Å². The predicted octanol–water partition coefficient (Wildman–Crippen LogP) is 6.61. The molecule has 9 heteroatoms. The van der Waals surface area contributed by atoms with Crippen molar-refractivity contribution in [3.8, 4) is 27.4 Å². The summed E-state index contributed by atoms with van der Waals surface area (Å²) in [4.78, 5) is 6.95. The third-order valence-corrected chi connectivity index (χ3v) is 8.90. The van der Waals surface area contributed by atoms with Crippen molar-refractivity contribution in [2.75, 3.05) is 6.79 Å². The molecule has 1 aliphatic rings. The number of ether oxygens (including phenoxy) is 2. The molecule has 0 spiro atoms. The molecule has 0 amide bonds. The number of fused-ring (bicyclic) bond motifs is 2. The topological polar surface area (TPSA) is 76.1 Å². The minimum atomic E-state index is -4.08. The van der Waals surface area contributed by atoms with Gasteiger partial charge in [0, 0.05) is 0 Å². The first-order chi connectivity index (χ1) is 18.2. The SMILES string of the molecule is O=P(OCc1ccccc1)(OCc1ccccc1)Oc1cc(-c2ccc[se]2)nc2cc3c(cc12)OCO3. The van der Waals surface area contributed by atoms with E-state index in [2.05, 4.69) is 4.94 Å². The fourth-order valence-corrected chi connectivity index (χ4v) is 6.50. The van der Waals surface area contributed by atoms with Gasteiger partial charge in [0.2, 0.25) is 0 Å². The van der Waals surface area contributed by atoms with E-state index in [9.17, 15) is 4.57 Å². The molecule has 1 aliphatic heterocycles. The van der Waals surface area contributed by atoms with E-state index >= 15 is 0 Å². The van der Waals surface area contributed by atoms with Crippen molar-refractivity contribution in [1.29, 1.82) is 0 Å². The minimum absolute atomic E-state index is 0.0628. The van der Waals surface area contributed by atoms with Crippen LogP contribution in [0.5, 0.6) is 17.2 Å². The van der Waals surface area contributed by atoms with Crippen molar-refractivity contribution in [2.24, 2.45) is 0 Å². The first kappa shape index (κ1) is 24.0. The quantitative estimate of drug-likeness (QED) is 0.144. The van der Waals surface area contributed by atoms with E-state index in [1.807, 2.05) is 78.9 Å². The van der Waals surface area contributed by atoms with Crippen LogP contribution in [0.2, 0.25) is 0 Å². The van der Waals surface area contributed by atoms with Gasteiger partial charge in [-0.05, 0) is 0 Å². The van der Waals surface area contributed by atoms with Crippen molar-refractivity contribution >= 4 is 33.2 Å². The first-order valence-electron chi connectivity index (χ1n) is 11.6. The van der Waals surface area contributed by atoms with Crippen molar-refractivity contribution in [2.45, 2.75) is 13.2 Å². The zero-order chi connectivity index (χ0) is 25.1. The van der Waals surface area contributed by atoms with Crippen LogP contribution in [0, 0.1) is 0 Å². The molecule has 186 valence electrons. The van der Waals surface area contributed by atoms with Crippen LogP contribution < -0.4 is 14.0 Å². The second-order valence-corrected chi connectivity index (χ2v) is 11.8. The van der Waals surface area contributed by atoms with Crippen molar-refractivity contribution in [3.05, 3.63) is 107 Å². The number of hydrogen-bond donors (Lipinski definition) is 0. The maximum absolute atomic E-state index is 14.1. The number of phosphoric acid groups is 1. The second-order valence-electron chi connectivity index (χ2n) is 8.26. The summed E-state index contributed by atoms with van der Waals surface area (Å²) in [5.41, 5.74) is 3.08. The van der Waals surface area contributed by atoms with Gasteiger partial charge in [0.1, 0.15) is 0 Å². The summed E-state index contributed by atoms with van der Waals surface area (Å²) >= 11 is 0.144. The molecule has 3 heterocycles. The Kier molecular flexibility index (Phi) is 6.83. The van der Waals surface area contributed by atoms with Crippen molar-refractivity contribution in [3.63, 3.8) is 0 Å². The molecule has 37 heavy (non-hydrogen) atoms. The number of hydrogen-bond acceptors (Lipinski definition) is 7. The molecule has 0 saturated heterocycles. The van der Waals surface area contributed by atoms with E-state index in [0.29, 0.717) is 28.2 Å². The molecular formula is C28H22NO6PSe. The Labute approximate surface area is 219 Å². The fraction of sp³-hybridized carbons (Fsp3) is 0.107. The van der Waals surface area contributed by atoms with E-state index < -0.39 is 7.82 Å². The van der Waals surface area contributed by atoms with Gasteiger partial charge in [-0.2, -0.15) is 0 Å². The number of benzene rings is 3. The number of rotatable bonds is 9. The number of pyridine rings is 1. The van der Waals surface area contributed by atoms with Crippen LogP contribution in [0.4, 0.5) is 0 Å². The molecule has 3 aromatic carbocycles. The van der Waals surface area contributed by atoms with Gasteiger partial charge < -0.3 is 0 Å². The van der Waals surface area contributed by atoms with Crippen LogP contribution >= 0.6 is 7.82 Å². The fourth-order valence-electron chi connectivity index (χ4n) is 3.88. The molecule has 0 bridgehead atoms. The van der Waals surface area contributed by atoms with Gasteiger partial charge in [-0.15, -0.1) is 0 Å². The van der Waals surface area contributed by atoms with Gasteiger partial charge in [0.15, 0.2) is 0 Å². The van der Waals surface area contributed by atoms with Crippen LogP contribution in [-0.2, 0) is 26.8 Å². The Bertz CT molecular complexity index is 1510. The average Bonchev–Trinajstić information content (AvgIpc) is 3.63. The zero-order valence-corrected chi connectivity index (χ0v) is 22.2. The first-order valence-corrected chi connectivity index (χ1v) is 14.9. The second kappa shape index (κ2) is 10.5. The Morgan fingerprint density at radius 2 is 1.46 bits per heavy atom. The van der Waals surface area contributed by atoms with E-state index in [-0.39, 0.29) is 34.5 Å². The van der Waals surface area contributed by atoms with E-state index in [0.717, 1.165) is 21.3 Å². The average molecular weight is 578 g/mol. The molecule has 0 unspecified atom stereocenters. The van der Waals surface area contributed by atoms with Gasteiger partial charge in [-0.25, -0.2) is 0 Å². The summed E-state index contributed by atoms with van der Waals surface area (Å²) < 4.78 is 44.2. The summed E-state index contributed by atoms with van der Waals surface area (Å²) in [6.07, 6.45) is 0. The van der Waals surface area contributed by atoms with E-state index in [4.69, 9.17) is 28.0 Å². The summed E-state index contributed by atoms with van der Waals surface area (Å²) in [5.74, 6) is 1.52. The van der Waals surface area contributed by atoms with E-state index in [1.165, 1.54) is 0 Å². The van der Waals surface area contributed by atoms with Gasteiger partial charge >= 0.3 is 220 Å². The molecular weight excluding hydrogens is 556 g/mol. The summed E-state index contributed by atoms with van der Waals surface area (Å²) in [6, 6.07) is 28.4. The predicted molar refractivity (Wildman–Crippen MR) is 141 cm³/mol. The zero-order valence-electron chi connectivity index (χ0n) is 19.6. The van der Waals surface area contributed by atoms with Crippen molar-refractivity contribution in [1.82, 2.24) is 4.98 Å². The standard InChI is InChI=1S/C28H22NO6PSe/c30-36(33-17-20-8-3-1-4-9-20,34-18-21-10-5-2-6-11-21)35-25-16-24(28-12-7-13-37-28)29-23-15-27-26(14-22(23)25)31-19-32-27/h1-16H,17-19H2. The van der Waals surface area contributed by atoms with Crippen LogP contribution in [0.1, 0.15) is 11.1 Å². The summed E-state index contributed by atoms with van der Waals surface area (Å²) in [5, 5.41) is 0.624. The van der Waals surface area contributed by atoms with Crippen LogP contribution in [-0.4, -0.2) is 26.3 Å². The molecule has 0 saturated carbocycles. The number of nitrogens with zero attached hydrogens (tertiary/aromatic N) is 1. The molecule has 0 N–H and O–H groups in total. The Morgan fingerprint density at radius 1 is 0.811 bits per heavy atom. The third-order valence-electron chi connectivity index (χ3n) is 5.71. The van der Waals surface area contributed by atoms with Crippen LogP contribution in [0.25, 0.3) is 21.0 Å². The number of aromatic nitrogens is 1. The normalized spacial score (nSPS) is 12.6. The molecule has 0 fully saturated rings. The van der Waals surface area contributed by atoms with Crippen LogP contribution in [0.15, 0.2) is 95.9 Å². The summed E-state index contributed by atoms with van der Waals surface area (Å²) in [7, 11) is -4.08. The van der Waals surface area contributed by atoms with Gasteiger partial charge in [0.25, 0.3) is 0 Å². The monoisotopic (exact) mass is 579 g/mol. The Balaban J connectivity index is 1.39. The molecule has 5 aromatic rings. The number of phosphoric ester groups is 1. The molecule has 0 atom stereocenters. The Hall–Kier alpha value is -3.38. The molecule has 2 aromatic heterocycles. The molecule has 6 rings (SSSR count). The molecule has 0 aliphatic carbocycles. The van der Waals surface area contributed by atoms with Crippen molar-refractivity contribution < 1.29 is 27.6 Å². The third kappa shape index (κ3) is 5.49. The Morgan fingerprint density at radius 3 is 2.08 bits per heavy atom. The van der Waals surface area contributed by atoms with Crippen LogP contribution in [0.3, 0.4) is 0 Å². The van der Waals surface area contributed by atoms with Gasteiger partial charge in [0.05, 0.1) is 0 Å². The van der Waals surface area contributed by atoms with E-state index in [1.54, 1.807) is 12.1 Å².